The van der Waals surface area contributed by atoms with Gasteiger partial charge >= 0.3 is 0 Å². The second kappa shape index (κ2) is 3.87. The lowest BCUT2D eigenvalue weighted by Crippen LogP contribution is -2.14. The van der Waals surface area contributed by atoms with E-state index in [1.165, 1.54) is 22.7 Å². The molecule has 2 heterocycles. The van der Waals surface area contributed by atoms with Gasteiger partial charge in [-0.15, -0.1) is 22.7 Å². The molecule has 0 saturated heterocycles. The monoisotopic (exact) mass is 243 g/mol. The maximum absolute atomic E-state index is 5.11. The minimum absolute atomic E-state index is 0.827. The minimum Gasteiger partial charge on any atom is -0.547 e. The van der Waals surface area contributed by atoms with Gasteiger partial charge < -0.3 is 8.96 Å². The summed E-state index contributed by atoms with van der Waals surface area (Å²) in [5.41, 5.74) is 0. The van der Waals surface area contributed by atoms with Crippen LogP contribution in [0.4, 0.5) is 0 Å². The summed E-state index contributed by atoms with van der Waals surface area (Å²) in [5.74, 6) is 0. The van der Waals surface area contributed by atoms with Gasteiger partial charge in [0.25, 0.3) is 0 Å². The lowest BCUT2D eigenvalue weighted by molar-refractivity contribution is 1.10. The molecule has 0 aromatic carbocycles. The third-order valence-corrected chi connectivity index (χ3v) is 3.79. The van der Waals surface area contributed by atoms with Gasteiger partial charge in [-0.1, -0.05) is 32.0 Å². The molecule has 0 atom stereocenters. The lowest BCUT2D eigenvalue weighted by Gasteiger charge is -2.19. The van der Waals surface area contributed by atoms with Crippen molar-refractivity contribution in [2.45, 2.75) is 0 Å². The number of rotatable bonds is 2. The van der Waals surface area contributed by atoms with Crippen LogP contribution < -0.4 is 0 Å². The summed E-state index contributed by atoms with van der Waals surface area (Å²) in [7, 11) is 1.89. The van der Waals surface area contributed by atoms with Crippen LogP contribution in [0.5, 0.6) is 0 Å². The quantitative estimate of drug-likeness (QED) is 0.592. The second-order valence-electron chi connectivity index (χ2n) is 2.27. The van der Waals surface area contributed by atoms with Crippen molar-refractivity contribution in [3.8, 4) is 0 Å². The van der Waals surface area contributed by atoms with Crippen LogP contribution in [0.15, 0.2) is 23.2 Å². The van der Waals surface area contributed by atoms with Crippen LogP contribution in [0.1, 0.15) is 0 Å². The Morgan fingerprint density at radius 1 is 1.00 bits per heavy atom. The van der Waals surface area contributed by atoms with Gasteiger partial charge in [-0.25, -0.2) is 0 Å². The highest BCUT2D eigenvalue weighted by atomic mass is 32.2. The summed E-state index contributed by atoms with van der Waals surface area (Å²) in [6, 6.07) is 0. The van der Waals surface area contributed by atoms with Crippen molar-refractivity contribution in [2.24, 2.45) is 0 Å². The van der Waals surface area contributed by atoms with E-state index in [4.69, 9.17) is 24.4 Å². The smallest absolute Gasteiger partial charge is 0.117 e. The lowest BCUT2D eigenvalue weighted by atomic mass is 10.2. The number of hydrogen-bond acceptors (Lipinski definition) is 4. The summed E-state index contributed by atoms with van der Waals surface area (Å²) >= 11 is 13.3. The topological polar surface area (TPSA) is 9.86 Å². The summed E-state index contributed by atoms with van der Waals surface area (Å²) in [6.45, 7) is 0. The molecule has 7 heteroatoms. The Labute approximate surface area is 94.4 Å². The van der Waals surface area contributed by atoms with E-state index >= 15 is 0 Å². The first-order valence-electron chi connectivity index (χ1n) is 3.43. The second-order valence-corrected chi connectivity index (χ2v) is 5.35. The molecule has 0 aliphatic heterocycles. The van der Waals surface area contributed by atoms with Crippen LogP contribution >= 0.6 is 47.1 Å². The summed E-state index contributed by atoms with van der Waals surface area (Å²) < 4.78 is 5.41. The molecule has 66 valence electrons. The SMILES string of the molecule is S=c1sccn1[B-]n1ccsc1=S. The zero-order valence-corrected chi connectivity index (χ0v) is 9.68. The minimum atomic E-state index is 0.827. The Morgan fingerprint density at radius 3 is 1.77 bits per heavy atom. The molecule has 0 bridgehead atoms. The number of thiazole rings is 2. The molecule has 0 spiro atoms. The molecule has 2 radical (unpaired) electrons. The molecule has 0 saturated carbocycles. The van der Waals surface area contributed by atoms with Crippen LogP contribution in [-0.2, 0) is 0 Å². The predicted octanol–water partition coefficient (Wildman–Crippen LogP) is 2.80. The van der Waals surface area contributed by atoms with E-state index in [-0.39, 0.29) is 0 Å². The average Bonchev–Trinajstić information content (AvgIpc) is 2.65. The Morgan fingerprint density at radius 2 is 1.46 bits per heavy atom. The van der Waals surface area contributed by atoms with Gasteiger partial charge in [0, 0.05) is 10.8 Å². The Hall–Kier alpha value is -0.235. The molecule has 0 aliphatic rings. The maximum atomic E-state index is 5.11. The van der Waals surface area contributed by atoms with Crippen molar-refractivity contribution < 1.29 is 0 Å². The molecule has 2 aromatic heterocycles. The van der Waals surface area contributed by atoms with E-state index in [1.54, 1.807) is 0 Å². The third kappa shape index (κ3) is 1.99. The van der Waals surface area contributed by atoms with Crippen molar-refractivity contribution in [2.75, 3.05) is 0 Å². The van der Waals surface area contributed by atoms with E-state index in [0.717, 1.165) is 7.91 Å². The maximum Gasteiger partial charge on any atom is 0.117 e. The molecule has 2 rings (SSSR count). The zero-order chi connectivity index (χ0) is 9.26. The molecule has 0 fully saturated rings. The summed E-state index contributed by atoms with van der Waals surface area (Å²) in [5, 5.41) is 3.91. The fourth-order valence-corrected chi connectivity index (χ4v) is 2.48. The first kappa shape index (κ1) is 9.33. The Bertz CT molecular complexity index is 458. The number of hydrogen-bond donors (Lipinski definition) is 0. The van der Waals surface area contributed by atoms with Crippen LogP contribution in [0, 0.1) is 7.91 Å². The summed E-state index contributed by atoms with van der Waals surface area (Å²) in [4.78, 5) is 0. The number of nitrogens with zero attached hydrogens (tertiary/aromatic N) is 2. The zero-order valence-electron chi connectivity index (χ0n) is 6.41. The van der Waals surface area contributed by atoms with Crippen molar-refractivity contribution in [1.29, 1.82) is 0 Å². The van der Waals surface area contributed by atoms with Gasteiger partial charge in [-0.05, 0) is 12.4 Å². The fraction of sp³-hybridized carbons (Fsp3) is 0. The van der Waals surface area contributed by atoms with Crippen LogP contribution in [0.3, 0.4) is 0 Å². The predicted molar refractivity (Wildman–Crippen MR) is 62.8 cm³/mol. The van der Waals surface area contributed by atoms with Crippen molar-refractivity contribution >= 4 is 54.7 Å². The van der Waals surface area contributed by atoms with Crippen LogP contribution in [-0.4, -0.2) is 16.5 Å². The standard InChI is InChI=1S/C6H4BN2S4/c10-5-8(1-3-12-5)7-9-2-4-13-6(9)11/h1-4H/q-1. The van der Waals surface area contributed by atoms with Crippen LogP contribution in [0.2, 0.25) is 0 Å². The molecule has 0 unspecified atom stereocenters. The molecule has 2 aromatic rings. The van der Waals surface area contributed by atoms with Gasteiger partial charge in [-0.3, -0.25) is 0 Å². The highest BCUT2D eigenvalue weighted by molar-refractivity contribution is 7.73. The largest absolute Gasteiger partial charge is 0.547 e. The van der Waals surface area contributed by atoms with E-state index in [0.29, 0.717) is 0 Å². The van der Waals surface area contributed by atoms with E-state index < -0.39 is 0 Å². The first-order chi connectivity index (χ1) is 6.27. The van der Waals surface area contributed by atoms with E-state index in [2.05, 4.69) is 0 Å². The van der Waals surface area contributed by atoms with Crippen molar-refractivity contribution in [1.82, 2.24) is 8.96 Å². The normalized spacial score (nSPS) is 10.5. The van der Waals surface area contributed by atoms with Crippen molar-refractivity contribution in [3.05, 3.63) is 31.1 Å². The Balaban J connectivity index is 2.35. The fourth-order valence-electron chi connectivity index (χ4n) is 0.857. The molecule has 0 N–H and O–H groups in total. The molecular weight excluding hydrogens is 239 g/mol. The van der Waals surface area contributed by atoms with E-state index in [9.17, 15) is 0 Å². The van der Waals surface area contributed by atoms with Gasteiger partial charge in [-0.2, -0.15) is 0 Å². The highest BCUT2D eigenvalue weighted by Crippen LogP contribution is 2.04. The summed E-state index contributed by atoms with van der Waals surface area (Å²) in [6.07, 6.45) is 3.85. The first-order valence-corrected chi connectivity index (χ1v) is 6.01. The molecule has 13 heavy (non-hydrogen) atoms. The molecule has 0 aliphatic carbocycles. The molecule has 0 amide bonds. The van der Waals surface area contributed by atoms with E-state index in [1.807, 2.05) is 39.7 Å². The highest BCUT2D eigenvalue weighted by Gasteiger charge is 1.84. The van der Waals surface area contributed by atoms with Gasteiger partial charge in [0.2, 0.25) is 0 Å². The van der Waals surface area contributed by atoms with Gasteiger partial charge in [0.05, 0.1) is 0 Å². The Kier molecular flexibility index (Phi) is 2.78. The van der Waals surface area contributed by atoms with Gasteiger partial charge in [0.1, 0.15) is 7.91 Å². The van der Waals surface area contributed by atoms with Gasteiger partial charge in [0.15, 0.2) is 0 Å². The number of aromatic nitrogens is 2. The average molecular weight is 243 g/mol. The third-order valence-electron chi connectivity index (χ3n) is 1.45. The van der Waals surface area contributed by atoms with Crippen molar-refractivity contribution in [3.63, 3.8) is 0 Å². The molecular formula is C6H4BN2S4-. The van der Waals surface area contributed by atoms with Crippen LogP contribution in [0.25, 0.3) is 0 Å². The molecule has 2 nitrogen and oxygen atoms in total.